The molecule has 0 saturated carbocycles. The van der Waals surface area contributed by atoms with Crippen molar-refractivity contribution in [1.82, 2.24) is 4.98 Å². The van der Waals surface area contributed by atoms with Gasteiger partial charge >= 0.3 is 0 Å². The van der Waals surface area contributed by atoms with E-state index >= 15 is 0 Å². The maximum absolute atomic E-state index is 8.78. The zero-order valence-corrected chi connectivity index (χ0v) is 9.61. The molecule has 0 aliphatic heterocycles. The smallest absolute Gasteiger partial charge is 0.142 e. The SMILES string of the molecule is CC(C)Oc1cc(C#N)cnc1C(C)C. The molecule has 0 amide bonds. The molecule has 1 rings (SSSR count). The summed E-state index contributed by atoms with van der Waals surface area (Å²) in [4.78, 5) is 4.25. The average Bonchev–Trinajstić information content (AvgIpc) is 2.16. The minimum Gasteiger partial charge on any atom is -0.489 e. The fourth-order valence-electron chi connectivity index (χ4n) is 1.30. The maximum Gasteiger partial charge on any atom is 0.142 e. The molecule has 0 bridgehead atoms. The molecule has 1 heterocycles. The second kappa shape index (κ2) is 4.79. The van der Waals surface area contributed by atoms with Gasteiger partial charge in [0.15, 0.2) is 0 Å². The summed E-state index contributed by atoms with van der Waals surface area (Å²) in [5.74, 6) is 1.02. The second-order valence-electron chi connectivity index (χ2n) is 4.04. The van der Waals surface area contributed by atoms with Crippen molar-refractivity contribution in [3.05, 3.63) is 23.5 Å². The van der Waals surface area contributed by atoms with Gasteiger partial charge in [0.1, 0.15) is 11.8 Å². The molecular formula is C12H16N2O. The molecule has 3 nitrogen and oxygen atoms in total. The van der Waals surface area contributed by atoms with Crippen LogP contribution in [0.2, 0.25) is 0 Å². The van der Waals surface area contributed by atoms with Gasteiger partial charge in [-0.3, -0.25) is 4.98 Å². The summed E-state index contributed by atoms with van der Waals surface area (Å²) >= 11 is 0. The van der Waals surface area contributed by atoms with Crippen molar-refractivity contribution in [3.63, 3.8) is 0 Å². The van der Waals surface area contributed by atoms with E-state index in [4.69, 9.17) is 10.00 Å². The number of ether oxygens (including phenoxy) is 1. The molecule has 0 aliphatic carbocycles. The van der Waals surface area contributed by atoms with Gasteiger partial charge in [0.25, 0.3) is 0 Å². The molecule has 1 aromatic heterocycles. The second-order valence-corrected chi connectivity index (χ2v) is 4.04. The summed E-state index contributed by atoms with van der Waals surface area (Å²) < 4.78 is 5.64. The fraction of sp³-hybridized carbons (Fsp3) is 0.500. The Kier molecular flexibility index (Phi) is 3.68. The Hall–Kier alpha value is -1.56. The van der Waals surface area contributed by atoms with Crippen molar-refractivity contribution < 1.29 is 4.74 Å². The monoisotopic (exact) mass is 204 g/mol. The molecule has 0 radical (unpaired) electrons. The highest BCUT2D eigenvalue weighted by Gasteiger charge is 2.11. The number of rotatable bonds is 3. The molecule has 1 aromatic rings. The molecular weight excluding hydrogens is 188 g/mol. The van der Waals surface area contributed by atoms with E-state index in [1.807, 2.05) is 13.8 Å². The quantitative estimate of drug-likeness (QED) is 0.760. The van der Waals surface area contributed by atoms with Crippen molar-refractivity contribution in [2.45, 2.75) is 39.7 Å². The molecule has 0 N–H and O–H groups in total. The van der Waals surface area contributed by atoms with Crippen molar-refractivity contribution in [3.8, 4) is 11.8 Å². The highest BCUT2D eigenvalue weighted by Crippen LogP contribution is 2.25. The van der Waals surface area contributed by atoms with Crippen molar-refractivity contribution >= 4 is 0 Å². The Bertz CT molecular complexity index is 378. The lowest BCUT2D eigenvalue weighted by Gasteiger charge is -2.15. The Balaban J connectivity index is 3.12. The van der Waals surface area contributed by atoms with E-state index < -0.39 is 0 Å². The van der Waals surface area contributed by atoms with E-state index in [0.717, 1.165) is 11.4 Å². The number of hydrogen-bond donors (Lipinski definition) is 0. The van der Waals surface area contributed by atoms with Crippen LogP contribution in [0.1, 0.15) is 44.9 Å². The third-order valence-corrected chi connectivity index (χ3v) is 1.92. The summed E-state index contributed by atoms with van der Waals surface area (Å²) in [6.07, 6.45) is 1.68. The van der Waals surface area contributed by atoms with E-state index in [2.05, 4.69) is 24.9 Å². The Morgan fingerprint density at radius 3 is 2.47 bits per heavy atom. The van der Waals surface area contributed by atoms with Crippen LogP contribution in [0.15, 0.2) is 12.3 Å². The molecule has 0 saturated heterocycles. The fourth-order valence-corrected chi connectivity index (χ4v) is 1.30. The van der Waals surface area contributed by atoms with Gasteiger partial charge in [0, 0.05) is 12.3 Å². The molecule has 15 heavy (non-hydrogen) atoms. The minimum absolute atomic E-state index is 0.0956. The number of pyridine rings is 1. The van der Waals surface area contributed by atoms with Crippen LogP contribution in [0, 0.1) is 11.3 Å². The van der Waals surface area contributed by atoms with Crippen LogP contribution in [0.5, 0.6) is 5.75 Å². The highest BCUT2D eigenvalue weighted by molar-refractivity contribution is 5.38. The third kappa shape index (κ3) is 2.95. The maximum atomic E-state index is 8.78. The third-order valence-electron chi connectivity index (χ3n) is 1.92. The van der Waals surface area contributed by atoms with Gasteiger partial charge in [0.05, 0.1) is 17.4 Å². The lowest BCUT2D eigenvalue weighted by Crippen LogP contribution is -2.09. The Morgan fingerprint density at radius 1 is 1.33 bits per heavy atom. The van der Waals surface area contributed by atoms with Gasteiger partial charge in [-0.25, -0.2) is 0 Å². The molecule has 0 atom stereocenters. The number of nitrogens with zero attached hydrogens (tertiary/aromatic N) is 2. The summed E-state index contributed by atoms with van der Waals surface area (Å²) in [6.45, 7) is 8.04. The van der Waals surface area contributed by atoms with Gasteiger partial charge in [-0.15, -0.1) is 0 Å². The molecule has 3 heteroatoms. The van der Waals surface area contributed by atoms with Crippen molar-refractivity contribution in [2.75, 3.05) is 0 Å². The first-order valence-electron chi connectivity index (χ1n) is 5.11. The molecule has 0 fully saturated rings. The predicted octanol–water partition coefficient (Wildman–Crippen LogP) is 2.86. The van der Waals surface area contributed by atoms with Crippen molar-refractivity contribution in [1.29, 1.82) is 5.26 Å². The summed E-state index contributed by atoms with van der Waals surface area (Å²) in [6, 6.07) is 3.82. The lowest BCUT2D eigenvalue weighted by atomic mass is 10.1. The molecule has 0 unspecified atom stereocenters. The minimum atomic E-state index is 0.0956. The van der Waals surface area contributed by atoms with E-state index in [0.29, 0.717) is 11.5 Å². The molecule has 0 spiro atoms. The topological polar surface area (TPSA) is 45.9 Å². The van der Waals surface area contributed by atoms with E-state index in [1.165, 1.54) is 0 Å². The zero-order valence-electron chi connectivity index (χ0n) is 9.61. The standard InChI is InChI=1S/C12H16N2O/c1-8(2)12-11(15-9(3)4)5-10(6-13)7-14-12/h5,7-9H,1-4H3. The number of hydrogen-bond acceptors (Lipinski definition) is 3. The lowest BCUT2D eigenvalue weighted by molar-refractivity contribution is 0.237. The summed E-state index contributed by atoms with van der Waals surface area (Å²) in [7, 11) is 0. The summed E-state index contributed by atoms with van der Waals surface area (Å²) in [5.41, 5.74) is 1.44. The van der Waals surface area contributed by atoms with Crippen molar-refractivity contribution in [2.24, 2.45) is 0 Å². The number of aromatic nitrogens is 1. The summed E-state index contributed by atoms with van der Waals surface area (Å²) in [5, 5.41) is 8.78. The first-order valence-corrected chi connectivity index (χ1v) is 5.11. The van der Waals surface area contributed by atoms with E-state index in [1.54, 1.807) is 12.3 Å². The Morgan fingerprint density at radius 2 is 2.00 bits per heavy atom. The van der Waals surface area contributed by atoms with Gasteiger partial charge in [-0.1, -0.05) is 13.8 Å². The largest absolute Gasteiger partial charge is 0.489 e. The highest BCUT2D eigenvalue weighted by atomic mass is 16.5. The van der Waals surface area contributed by atoms with Gasteiger partial charge in [-0.2, -0.15) is 5.26 Å². The normalized spacial score (nSPS) is 10.5. The molecule has 80 valence electrons. The van der Waals surface area contributed by atoms with Crippen LogP contribution in [-0.2, 0) is 0 Å². The number of nitriles is 1. The average molecular weight is 204 g/mol. The van der Waals surface area contributed by atoms with Gasteiger partial charge in [0.2, 0.25) is 0 Å². The zero-order chi connectivity index (χ0) is 11.4. The predicted molar refractivity (Wildman–Crippen MR) is 58.8 cm³/mol. The van der Waals surface area contributed by atoms with E-state index in [-0.39, 0.29) is 6.10 Å². The van der Waals surface area contributed by atoms with Crippen LogP contribution >= 0.6 is 0 Å². The molecule has 0 aromatic carbocycles. The Labute approximate surface area is 90.7 Å². The first kappa shape index (κ1) is 11.5. The van der Waals surface area contributed by atoms with Gasteiger partial charge < -0.3 is 4.74 Å². The van der Waals surface area contributed by atoms with Crippen LogP contribution in [0.4, 0.5) is 0 Å². The molecule has 0 aliphatic rings. The van der Waals surface area contributed by atoms with Crippen LogP contribution in [0.3, 0.4) is 0 Å². The van der Waals surface area contributed by atoms with Crippen LogP contribution in [-0.4, -0.2) is 11.1 Å². The van der Waals surface area contributed by atoms with Crippen LogP contribution in [0.25, 0.3) is 0 Å². The van der Waals surface area contributed by atoms with E-state index in [9.17, 15) is 0 Å². The first-order chi connectivity index (χ1) is 7.04. The van der Waals surface area contributed by atoms with Gasteiger partial charge in [-0.05, 0) is 19.8 Å². The van der Waals surface area contributed by atoms with Crippen LogP contribution < -0.4 is 4.74 Å².